The van der Waals surface area contributed by atoms with Crippen molar-refractivity contribution in [3.63, 3.8) is 0 Å². The summed E-state index contributed by atoms with van der Waals surface area (Å²) in [6.07, 6.45) is 7.01. The number of aromatic nitrogens is 2. The second-order valence-corrected chi connectivity index (χ2v) is 11.1. The van der Waals surface area contributed by atoms with Crippen LogP contribution in [0.15, 0.2) is 35.2 Å². The second kappa shape index (κ2) is 6.40. The highest BCUT2D eigenvalue weighted by Gasteiger charge is 2.72. The maximum Gasteiger partial charge on any atom is 0.294 e. The zero-order valence-electron chi connectivity index (χ0n) is 17.1. The summed E-state index contributed by atoms with van der Waals surface area (Å²) in [5.74, 6) is 1.81. The zero-order chi connectivity index (χ0) is 20.4. The van der Waals surface area contributed by atoms with Gasteiger partial charge in [0.25, 0.3) is 10.1 Å². The van der Waals surface area contributed by atoms with E-state index >= 15 is 0 Å². The average Bonchev–Trinajstić information content (AvgIpc) is 3.30. The predicted molar refractivity (Wildman–Crippen MR) is 111 cm³/mol. The van der Waals surface area contributed by atoms with Crippen molar-refractivity contribution < 1.29 is 13.0 Å². The Labute approximate surface area is 172 Å². The Bertz CT molecular complexity index is 1010. The molecule has 4 aliphatic carbocycles. The minimum atomic E-state index is -4.02. The van der Waals surface area contributed by atoms with Crippen LogP contribution < -0.4 is 5.32 Å². The maximum absolute atomic E-state index is 10.5. The first-order valence-electron chi connectivity index (χ1n) is 10.5. The van der Waals surface area contributed by atoms with E-state index in [1.54, 1.807) is 17.8 Å². The van der Waals surface area contributed by atoms with Crippen molar-refractivity contribution in [3.8, 4) is 0 Å². The van der Waals surface area contributed by atoms with E-state index in [0.717, 1.165) is 17.4 Å². The van der Waals surface area contributed by atoms with Crippen LogP contribution >= 0.6 is 0 Å². The quantitative estimate of drug-likeness (QED) is 0.748. The minimum absolute atomic E-state index is 0.0666. The molecule has 156 valence electrons. The molecule has 5 fully saturated rings. The molecule has 1 aliphatic heterocycles. The van der Waals surface area contributed by atoms with Crippen LogP contribution in [0, 0.1) is 25.2 Å². The molecule has 1 saturated heterocycles. The van der Waals surface area contributed by atoms with Gasteiger partial charge in [0.15, 0.2) is 0 Å². The smallest absolute Gasteiger partial charge is 0.294 e. The van der Waals surface area contributed by atoms with Crippen molar-refractivity contribution >= 4 is 10.1 Å². The van der Waals surface area contributed by atoms with Gasteiger partial charge in [0.05, 0.1) is 16.1 Å². The molecule has 29 heavy (non-hydrogen) atoms. The van der Waals surface area contributed by atoms with Crippen LogP contribution in [-0.4, -0.2) is 35.8 Å². The molecule has 0 amide bonds. The Morgan fingerprint density at radius 2 is 1.72 bits per heavy atom. The van der Waals surface area contributed by atoms with Crippen LogP contribution in [0.25, 0.3) is 0 Å². The molecule has 5 aliphatic rings. The number of benzene rings is 1. The molecule has 7 heteroatoms. The minimum Gasteiger partial charge on any atom is -0.316 e. The van der Waals surface area contributed by atoms with Gasteiger partial charge in [-0.25, -0.2) is 0 Å². The van der Waals surface area contributed by atoms with Gasteiger partial charge < -0.3 is 5.32 Å². The molecular formula is C22H29N3O3S. The molecule has 2 heterocycles. The van der Waals surface area contributed by atoms with Crippen molar-refractivity contribution in [2.24, 2.45) is 11.3 Å². The lowest BCUT2D eigenvalue weighted by Crippen LogP contribution is -2.74. The second-order valence-electron chi connectivity index (χ2n) is 9.66. The van der Waals surface area contributed by atoms with Gasteiger partial charge in [-0.15, -0.1) is 0 Å². The number of nitrogens with zero attached hydrogens (tertiary/aromatic N) is 2. The van der Waals surface area contributed by atoms with Gasteiger partial charge in [-0.3, -0.25) is 9.23 Å². The van der Waals surface area contributed by atoms with Crippen LogP contribution in [0.1, 0.15) is 55.0 Å². The van der Waals surface area contributed by atoms with Crippen LogP contribution in [0.3, 0.4) is 0 Å². The van der Waals surface area contributed by atoms with Crippen molar-refractivity contribution in [2.45, 2.75) is 62.3 Å². The van der Waals surface area contributed by atoms with Crippen LogP contribution in [0.4, 0.5) is 0 Å². The van der Waals surface area contributed by atoms with E-state index in [1.165, 1.54) is 63.0 Å². The van der Waals surface area contributed by atoms with E-state index in [2.05, 4.69) is 23.0 Å². The van der Waals surface area contributed by atoms with Gasteiger partial charge in [-0.1, -0.05) is 17.7 Å². The Hall–Kier alpha value is -1.70. The van der Waals surface area contributed by atoms with Gasteiger partial charge >= 0.3 is 0 Å². The highest BCUT2D eigenvalue weighted by atomic mass is 32.2. The molecule has 6 nitrogen and oxygen atoms in total. The molecule has 7 rings (SSSR count). The fourth-order valence-electron chi connectivity index (χ4n) is 5.47. The standard InChI is InChI=1S/C15H21N3.C7H8O3S/c1-10-4-13(11-2-3-11)18(17-10)15-7-14(8-15,9-15)12-5-16-6-12;1-6-2-4-7(5-3-6)11(8,9)10/h4,11-12,16H,2-3,5-9H2,1H3;2-5H,1H3,(H,8,9,10). The first-order chi connectivity index (χ1) is 13.7. The third-order valence-corrected chi connectivity index (χ3v) is 8.18. The molecule has 0 spiro atoms. The summed E-state index contributed by atoms with van der Waals surface area (Å²) in [6, 6.07) is 8.33. The Morgan fingerprint density at radius 3 is 2.21 bits per heavy atom. The lowest BCUT2D eigenvalue weighted by atomic mass is 9.35. The summed E-state index contributed by atoms with van der Waals surface area (Å²) in [6.45, 7) is 6.53. The Balaban J connectivity index is 0.000000144. The molecule has 2 bridgehead atoms. The van der Waals surface area contributed by atoms with Crippen LogP contribution in [-0.2, 0) is 15.7 Å². The largest absolute Gasteiger partial charge is 0.316 e. The summed E-state index contributed by atoms with van der Waals surface area (Å²) in [7, 11) is -4.02. The van der Waals surface area contributed by atoms with Crippen molar-refractivity contribution in [3.05, 3.63) is 47.3 Å². The highest BCUT2D eigenvalue weighted by Crippen LogP contribution is 2.75. The molecule has 2 N–H and O–H groups in total. The van der Waals surface area contributed by atoms with Crippen molar-refractivity contribution in [1.82, 2.24) is 15.1 Å². The van der Waals surface area contributed by atoms with Crippen molar-refractivity contribution in [1.29, 1.82) is 0 Å². The van der Waals surface area contributed by atoms with E-state index in [1.807, 2.05) is 6.92 Å². The first kappa shape index (κ1) is 19.3. The lowest BCUT2D eigenvalue weighted by Gasteiger charge is -2.74. The normalized spacial score (nSPS) is 30.4. The average molecular weight is 416 g/mol. The van der Waals surface area contributed by atoms with Crippen molar-refractivity contribution in [2.75, 3.05) is 13.1 Å². The molecule has 1 aromatic heterocycles. The van der Waals surface area contributed by atoms with Gasteiger partial charge in [-0.05, 0) is 88.6 Å². The predicted octanol–water partition coefficient (Wildman–Crippen LogP) is 3.41. The Kier molecular flexibility index (Phi) is 4.25. The van der Waals surface area contributed by atoms with Crippen LogP contribution in [0.2, 0.25) is 0 Å². The third kappa shape index (κ3) is 3.23. The molecule has 0 radical (unpaired) electrons. The van der Waals surface area contributed by atoms with E-state index < -0.39 is 10.1 Å². The lowest BCUT2D eigenvalue weighted by molar-refractivity contribution is -0.234. The van der Waals surface area contributed by atoms with Gasteiger partial charge in [-0.2, -0.15) is 13.5 Å². The summed E-state index contributed by atoms with van der Waals surface area (Å²) in [4.78, 5) is -0.0666. The van der Waals surface area contributed by atoms with Gasteiger partial charge in [0, 0.05) is 11.6 Å². The molecule has 2 aromatic rings. The van der Waals surface area contributed by atoms with E-state index in [9.17, 15) is 8.42 Å². The third-order valence-electron chi connectivity index (χ3n) is 7.31. The topological polar surface area (TPSA) is 84.2 Å². The van der Waals surface area contributed by atoms with E-state index in [0.29, 0.717) is 11.0 Å². The fraction of sp³-hybridized carbons (Fsp3) is 0.591. The number of aryl methyl sites for hydroxylation is 2. The molecular weight excluding hydrogens is 386 g/mol. The SMILES string of the molecule is Cc1cc(C2CC2)n(C23CC(C4CNC4)(C2)C3)n1.Cc1ccc(S(=O)(=O)O)cc1. The summed E-state index contributed by atoms with van der Waals surface area (Å²) < 4.78 is 32.0. The summed E-state index contributed by atoms with van der Waals surface area (Å²) in [5.41, 5.74) is 4.89. The number of rotatable bonds is 4. The molecule has 1 aromatic carbocycles. The first-order valence-corrected chi connectivity index (χ1v) is 12.0. The Morgan fingerprint density at radius 1 is 1.10 bits per heavy atom. The van der Waals surface area contributed by atoms with E-state index in [4.69, 9.17) is 9.65 Å². The maximum atomic E-state index is 10.5. The summed E-state index contributed by atoms with van der Waals surface area (Å²) >= 11 is 0. The monoisotopic (exact) mass is 415 g/mol. The number of hydrogen-bond acceptors (Lipinski definition) is 4. The van der Waals surface area contributed by atoms with Gasteiger partial charge in [0.2, 0.25) is 0 Å². The zero-order valence-corrected chi connectivity index (χ0v) is 17.9. The van der Waals surface area contributed by atoms with Gasteiger partial charge in [0.1, 0.15) is 0 Å². The van der Waals surface area contributed by atoms with E-state index in [-0.39, 0.29) is 4.90 Å². The fourth-order valence-corrected chi connectivity index (χ4v) is 5.95. The summed E-state index contributed by atoms with van der Waals surface area (Å²) in [5, 5.41) is 8.27. The van der Waals surface area contributed by atoms with Crippen LogP contribution in [0.5, 0.6) is 0 Å². The molecule has 0 unspecified atom stereocenters. The molecule has 0 atom stereocenters. The highest BCUT2D eigenvalue weighted by molar-refractivity contribution is 7.85. The molecule has 4 saturated carbocycles. The number of nitrogens with one attached hydrogen (secondary N) is 1. The number of hydrogen-bond donors (Lipinski definition) is 2.